The quantitative estimate of drug-likeness (QED) is 0.851. The van der Waals surface area contributed by atoms with Crippen molar-refractivity contribution in [3.63, 3.8) is 0 Å². The molecule has 1 aromatic rings. The smallest absolute Gasteiger partial charge is 0.305 e. The topological polar surface area (TPSA) is 75.3 Å². The number of esters is 1. The maximum absolute atomic E-state index is 12.5. The Hall–Kier alpha value is -1.85. The lowest BCUT2D eigenvalue weighted by molar-refractivity contribution is -0.141. The van der Waals surface area contributed by atoms with Crippen molar-refractivity contribution in [1.29, 1.82) is 0 Å². The normalized spacial score (nSPS) is 18.9. The zero-order valence-corrected chi connectivity index (χ0v) is 12.0. The number of ether oxygens (including phenoxy) is 1. The highest BCUT2D eigenvalue weighted by molar-refractivity contribution is 5.93. The van der Waals surface area contributed by atoms with Crippen LogP contribution in [0.2, 0.25) is 0 Å². The molecule has 0 aromatic carbocycles. The molecule has 20 heavy (non-hydrogen) atoms. The van der Waals surface area contributed by atoms with E-state index in [1.54, 1.807) is 0 Å². The summed E-state index contributed by atoms with van der Waals surface area (Å²) in [5.74, 6) is -0.266. The van der Waals surface area contributed by atoms with Gasteiger partial charge < -0.3 is 14.6 Å². The second-order valence-electron chi connectivity index (χ2n) is 5.14. The minimum Gasteiger partial charge on any atom is -0.469 e. The fraction of sp³-hybridized carbons (Fsp3) is 0.643. The summed E-state index contributed by atoms with van der Waals surface area (Å²) in [6, 6.07) is 0.103. The van der Waals surface area contributed by atoms with Gasteiger partial charge in [-0.15, -0.1) is 0 Å². The molecule has 1 aromatic heterocycles. The van der Waals surface area contributed by atoms with Gasteiger partial charge >= 0.3 is 5.97 Å². The summed E-state index contributed by atoms with van der Waals surface area (Å²) in [6.07, 6.45) is 5.58. The van der Waals surface area contributed by atoms with Gasteiger partial charge in [-0.1, -0.05) is 0 Å². The van der Waals surface area contributed by atoms with Crippen LogP contribution in [0, 0.1) is 6.92 Å². The molecule has 1 aliphatic heterocycles. The summed E-state index contributed by atoms with van der Waals surface area (Å²) in [4.78, 5) is 32.7. The Morgan fingerprint density at radius 2 is 2.30 bits per heavy atom. The number of H-pyrrole nitrogens is 1. The van der Waals surface area contributed by atoms with Crippen LogP contribution < -0.4 is 0 Å². The molecule has 2 rings (SSSR count). The van der Waals surface area contributed by atoms with Gasteiger partial charge in [-0.05, 0) is 32.6 Å². The summed E-state index contributed by atoms with van der Waals surface area (Å²) >= 11 is 0. The van der Waals surface area contributed by atoms with Crippen LogP contribution >= 0.6 is 0 Å². The van der Waals surface area contributed by atoms with Gasteiger partial charge in [-0.2, -0.15) is 0 Å². The fourth-order valence-electron chi connectivity index (χ4n) is 2.67. The van der Waals surface area contributed by atoms with Crippen molar-refractivity contribution in [1.82, 2.24) is 14.9 Å². The van der Waals surface area contributed by atoms with Crippen LogP contribution in [0.3, 0.4) is 0 Å². The lowest BCUT2D eigenvalue weighted by atomic mass is 9.97. The van der Waals surface area contributed by atoms with Crippen molar-refractivity contribution < 1.29 is 14.3 Å². The molecule has 1 fully saturated rings. The van der Waals surface area contributed by atoms with Crippen LogP contribution in [0.4, 0.5) is 0 Å². The SMILES string of the molecule is COC(=O)CC[C@H]1CCCCN1C(=O)c1nc[nH]c1C. The molecule has 0 aliphatic carbocycles. The number of methoxy groups -OCH3 is 1. The molecular formula is C14H21N3O3. The third-order valence-electron chi connectivity index (χ3n) is 3.83. The first-order valence-electron chi connectivity index (χ1n) is 7.01. The number of aromatic nitrogens is 2. The summed E-state index contributed by atoms with van der Waals surface area (Å²) in [5.41, 5.74) is 1.27. The molecule has 1 amide bonds. The van der Waals surface area contributed by atoms with Crippen LogP contribution in [-0.4, -0.2) is 46.4 Å². The van der Waals surface area contributed by atoms with E-state index in [-0.39, 0.29) is 17.9 Å². The van der Waals surface area contributed by atoms with E-state index in [9.17, 15) is 9.59 Å². The highest BCUT2D eigenvalue weighted by Crippen LogP contribution is 2.23. The van der Waals surface area contributed by atoms with Crippen LogP contribution in [0.1, 0.15) is 48.3 Å². The Labute approximate surface area is 118 Å². The maximum atomic E-state index is 12.5. The predicted octanol–water partition coefficient (Wildman–Crippen LogP) is 1.67. The molecule has 2 heterocycles. The molecule has 0 bridgehead atoms. The van der Waals surface area contributed by atoms with Gasteiger partial charge in [0.05, 0.1) is 13.4 Å². The number of likely N-dealkylation sites (tertiary alicyclic amines) is 1. The number of rotatable bonds is 4. The Morgan fingerprint density at radius 3 is 2.95 bits per heavy atom. The molecule has 110 valence electrons. The standard InChI is InChI=1S/C14H21N3O3/c1-10-13(16-9-15-10)14(19)17-8-4-3-5-11(17)6-7-12(18)20-2/h9,11H,3-8H2,1-2H3,(H,15,16)/t11-/m1/s1. The Balaban J connectivity index is 2.05. The van der Waals surface area contributed by atoms with Gasteiger partial charge in [-0.25, -0.2) is 4.98 Å². The molecule has 0 saturated carbocycles. The highest BCUT2D eigenvalue weighted by Gasteiger charge is 2.29. The fourth-order valence-corrected chi connectivity index (χ4v) is 2.67. The van der Waals surface area contributed by atoms with Gasteiger partial charge in [0, 0.05) is 24.7 Å². The first-order valence-corrected chi connectivity index (χ1v) is 7.01. The van der Waals surface area contributed by atoms with Gasteiger partial charge in [0.15, 0.2) is 0 Å². The van der Waals surface area contributed by atoms with Crippen molar-refractivity contribution in [3.05, 3.63) is 17.7 Å². The number of hydrogen-bond acceptors (Lipinski definition) is 4. The number of aryl methyl sites for hydroxylation is 1. The van der Waals surface area contributed by atoms with Crippen molar-refractivity contribution in [2.45, 2.75) is 45.1 Å². The predicted molar refractivity (Wildman–Crippen MR) is 73.3 cm³/mol. The third kappa shape index (κ3) is 3.18. The summed E-state index contributed by atoms with van der Waals surface area (Å²) in [6.45, 7) is 2.57. The number of carbonyl (C=O) groups excluding carboxylic acids is 2. The van der Waals surface area contributed by atoms with E-state index in [0.29, 0.717) is 18.5 Å². The molecule has 6 nitrogen and oxygen atoms in total. The molecule has 0 radical (unpaired) electrons. The van der Waals surface area contributed by atoms with Gasteiger partial charge in [0.25, 0.3) is 5.91 Å². The molecule has 1 aliphatic rings. The Bertz CT molecular complexity index is 484. The number of amides is 1. The van der Waals surface area contributed by atoms with E-state index in [2.05, 4.69) is 14.7 Å². The minimum absolute atomic E-state index is 0.0432. The molecular weight excluding hydrogens is 258 g/mol. The molecule has 1 N–H and O–H groups in total. The average molecular weight is 279 g/mol. The van der Waals surface area contributed by atoms with Crippen LogP contribution in [0.15, 0.2) is 6.33 Å². The largest absolute Gasteiger partial charge is 0.469 e. The lowest BCUT2D eigenvalue weighted by Gasteiger charge is -2.35. The molecule has 1 atom stereocenters. The molecule has 0 spiro atoms. The number of hydrogen-bond donors (Lipinski definition) is 1. The van der Waals surface area contributed by atoms with Crippen molar-refractivity contribution in [2.24, 2.45) is 0 Å². The van der Waals surface area contributed by atoms with E-state index in [4.69, 9.17) is 0 Å². The van der Waals surface area contributed by atoms with E-state index in [0.717, 1.165) is 31.5 Å². The number of piperidine rings is 1. The van der Waals surface area contributed by atoms with E-state index in [1.165, 1.54) is 13.4 Å². The number of carbonyl (C=O) groups is 2. The Kier molecular flexibility index (Phi) is 4.76. The van der Waals surface area contributed by atoms with Crippen molar-refractivity contribution in [3.8, 4) is 0 Å². The number of aromatic amines is 1. The maximum Gasteiger partial charge on any atom is 0.305 e. The zero-order chi connectivity index (χ0) is 14.5. The molecule has 1 saturated heterocycles. The van der Waals surface area contributed by atoms with Gasteiger partial charge in [0.2, 0.25) is 0 Å². The number of nitrogens with one attached hydrogen (secondary N) is 1. The Morgan fingerprint density at radius 1 is 1.50 bits per heavy atom. The minimum atomic E-state index is -0.223. The number of nitrogens with zero attached hydrogens (tertiary/aromatic N) is 2. The second-order valence-corrected chi connectivity index (χ2v) is 5.14. The monoisotopic (exact) mass is 279 g/mol. The summed E-state index contributed by atoms with van der Waals surface area (Å²) in [7, 11) is 1.39. The van der Waals surface area contributed by atoms with E-state index >= 15 is 0 Å². The van der Waals surface area contributed by atoms with E-state index < -0.39 is 0 Å². The highest BCUT2D eigenvalue weighted by atomic mass is 16.5. The first kappa shape index (κ1) is 14.6. The number of imidazole rings is 1. The van der Waals surface area contributed by atoms with Crippen LogP contribution in [0.25, 0.3) is 0 Å². The summed E-state index contributed by atoms with van der Waals surface area (Å²) in [5, 5.41) is 0. The van der Waals surface area contributed by atoms with Crippen molar-refractivity contribution >= 4 is 11.9 Å². The first-order chi connectivity index (χ1) is 9.63. The average Bonchev–Trinajstić information content (AvgIpc) is 2.90. The second kappa shape index (κ2) is 6.54. The molecule has 6 heteroatoms. The van der Waals surface area contributed by atoms with Crippen LogP contribution in [-0.2, 0) is 9.53 Å². The van der Waals surface area contributed by atoms with Gasteiger partial charge in [0.1, 0.15) is 5.69 Å². The lowest BCUT2D eigenvalue weighted by Crippen LogP contribution is -2.44. The zero-order valence-electron chi connectivity index (χ0n) is 12.0. The van der Waals surface area contributed by atoms with Crippen LogP contribution in [0.5, 0.6) is 0 Å². The third-order valence-corrected chi connectivity index (χ3v) is 3.83. The van der Waals surface area contributed by atoms with Crippen molar-refractivity contribution in [2.75, 3.05) is 13.7 Å². The van der Waals surface area contributed by atoms with E-state index in [1.807, 2.05) is 11.8 Å². The van der Waals surface area contributed by atoms with Gasteiger partial charge in [-0.3, -0.25) is 9.59 Å². The summed E-state index contributed by atoms with van der Waals surface area (Å²) < 4.78 is 4.67. The molecule has 0 unspecified atom stereocenters.